The lowest BCUT2D eigenvalue weighted by molar-refractivity contribution is 0.0932. The summed E-state index contributed by atoms with van der Waals surface area (Å²) in [6.45, 7) is 0.559. The van der Waals surface area contributed by atoms with Gasteiger partial charge in [0.05, 0.1) is 5.69 Å². The van der Waals surface area contributed by atoms with E-state index >= 15 is 0 Å². The van der Waals surface area contributed by atoms with Gasteiger partial charge >= 0.3 is 0 Å². The zero-order valence-corrected chi connectivity index (χ0v) is 17.2. The fourth-order valence-electron chi connectivity index (χ4n) is 3.59. The highest BCUT2D eigenvalue weighted by Crippen LogP contribution is 2.43. The summed E-state index contributed by atoms with van der Waals surface area (Å²) in [5, 5.41) is 8.40. The molecule has 0 saturated heterocycles. The van der Waals surface area contributed by atoms with Gasteiger partial charge in [-0.05, 0) is 54.1 Å². The van der Waals surface area contributed by atoms with Gasteiger partial charge in [0.15, 0.2) is 0 Å². The fraction of sp³-hybridized carbons (Fsp3) is 0.227. The van der Waals surface area contributed by atoms with Gasteiger partial charge in [0, 0.05) is 34.9 Å². The van der Waals surface area contributed by atoms with Crippen LogP contribution in [0.1, 0.15) is 44.9 Å². The summed E-state index contributed by atoms with van der Waals surface area (Å²) in [5.41, 5.74) is 2.17. The molecule has 2 amide bonds. The minimum atomic E-state index is -0.267. The molecule has 0 radical (unpaired) electrons. The summed E-state index contributed by atoms with van der Waals surface area (Å²) < 4.78 is 0. The van der Waals surface area contributed by atoms with E-state index in [-0.39, 0.29) is 17.2 Å². The highest BCUT2D eigenvalue weighted by atomic mass is 35.5. The van der Waals surface area contributed by atoms with Crippen molar-refractivity contribution in [3.05, 3.63) is 81.3 Å². The van der Waals surface area contributed by atoms with Crippen molar-refractivity contribution in [2.75, 3.05) is 11.9 Å². The summed E-state index contributed by atoms with van der Waals surface area (Å²) in [7, 11) is 0. The summed E-state index contributed by atoms with van der Waals surface area (Å²) in [6, 6.07) is 12.9. The van der Waals surface area contributed by atoms with Gasteiger partial charge in [-0.15, -0.1) is 11.3 Å². The molecule has 0 atom stereocenters. The molecule has 0 spiro atoms. The Balaban J connectivity index is 1.44. The average molecular weight is 426 g/mol. The Morgan fingerprint density at radius 3 is 2.41 bits per heavy atom. The zero-order chi connectivity index (χ0) is 20.3. The molecule has 1 aromatic carbocycles. The maximum atomic E-state index is 12.8. The third-order valence-electron chi connectivity index (χ3n) is 5.42. The monoisotopic (exact) mass is 425 g/mol. The molecule has 1 aliphatic rings. The molecule has 7 heteroatoms. The number of nitrogens with one attached hydrogen (secondary N) is 2. The van der Waals surface area contributed by atoms with Gasteiger partial charge in [0.2, 0.25) is 0 Å². The Morgan fingerprint density at radius 2 is 1.76 bits per heavy atom. The number of carbonyl (C=O) groups is 2. The van der Waals surface area contributed by atoms with Gasteiger partial charge in [-0.3, -0.25) is 14.6 Å². The van der Waals surface area contributed by atoms with Crippen molar-refractivity contribution in [2.45, 2.75) is 24.7 Å². The van der Waals surface area contributed by atoms with Crippen LogP contribution in [0.4, 0.5) is 5.69 Å². The smallest absolute Gasteiger partial charge is 0.263 e. The van der Waals surface area contributed by atoms with Gasteiger partial charge < -0.3 is 10.6 Å². The summed E-state index contributed by atoms with van der Waals surface area (Å²) in [6.07, 6.45) is 6.33. The molecule has 2 heterocycles. The van der Waals surface area contributed by atoms with Crippen molar-refractivity contribution in [3.63, 3.8) is 0 Å². The number of thiophene rings is 1. The van der Waals surface area contributed by atoms with E-state index in [0.717, 1.165) is 19.3 Å². The van der Waals surface area contributed by atoms with Gasteiger partial charge in [-0.1, -0.05) is 30.2 Å². The van der Waals surface area contributed by atoms with Crippen LogP contribution in [-0.2, 0) is 5.41 Å². The first-order valence-electron chi connectivity index (χ1n) is 9.41. The maximum Gasteiger partial charge on any atom is 0.263 e. The van der Waals surface area contributed by atoms with Gasteiger partial charge in [0.1, 0.15) is 4.88 Å². The van der Waals surface area contributed by atoms with Crippen LogP contribution in [-0.4, -0.2) is 23.3 Å². The average Bonchev–Trinajstić information content (AvgIpc) is 3.17. The van der Waals surface area contributed by atoms with Crippen molar-refractivity contribution in [2.24, 2.45) is 0 Å². The third-order valence-corrected chi connectivity index (χ3v) is 6.58. The third kappa shape index (κ3) is 4.18. The van der Waals surface area contributed by atoms with E-state index in [9.17, 15) is 9.59 Å². The van der Waals surface area contributed by atoms with E-state index in [1.807, 2.05) is 24.3 Å². The van der Waals surface area contributed by atoms with Gasteiger partial charge in [-0.2, -0.15) is 0 Å². The molecule has 2 N–H and O–H groups in total. The number of halogens is 1. The number of amides is 2. The SMILES string of the molecule is O=C(Nc1ccsc1C(=O)NCC1(c2ccc(Cl)cc2)CCC1)c1ccncc1. The first kappa shape index (κ1) is 19.6. The quantitative estimate of drug-likeness (QED) is 0.590. The van der Waals surface area contributed by atoms with Crippen LogP contribution < -0.4 is 10.6 Å². The van der Waals surface area contributed by atoms with Crippen LogP contribution in [0.5, 0.6) is 0 Å². The number of aromatic nitrogens is 1. The largest absolute Gasteiger partial charge is 0.350 e. The molecule has 3 aromatic rings. The zero-order valence-electron chi connectivity index (χ0n) is 15.7. The maximum absolute atomic E-state index is 12.8. The number of nitrogens with zero attached hydrogens (tertiary/aromatic N) is 1. The summed E-state index contributed by atoms with van der Waals surface area (Å²) >= 11 is 7.33. The fourth-order valence-corrected chi connectivity index (χ4v) is 4.48. The lowest BCUT2D eigenvalue weighted by atomic mass is 9.64. The van der Waals surface area contributed by atoms with E-state index < -0.39 is 0 Å². The minimum absolute atomic E-state index is 0.0437. The number of hydrogen-bond acceptors (Lipinski definition) is 4. The Bertz CT molecular complexity index is 1010. The number of benzene rings is 1. The Kier molecular flexibility index (Phi) is 5.65. The van der Waals surface area contributed by atoms with Crippen LogP contribution in [0.15, 0.2) is 60.2 Å². The van der Waals surface area contributed by atoms with Crippen molar-refractivity contribution in [3.8, 4) is 0 Å². The van der Waals surface area contributed by atoms with Crippen molar-refractivity contribution >= 4 is 40.4 Å². The molecule has 0 aliphatic heterocycles. The van der Waals surface area contributed by atoms with Gasteiger partial charge in [0.25, 0.3) is 11.8 Å². The molecule has 2 aromatic heterocycles. The topological polar surface area (TPSA) is 71.1 Å². The first-order valence-corrected chi connectivity index (χ1v) is 10.7. The van der Waals surface area contributed by atoms with E-state index in [4.69, 9.17) is 11.6 Å². The lowest BCUT2D eigenvalue weighted by Gasteiger charge is -2.42. The number of carbonyl (C=O) groups excluding carboxylic acids is 2. The molecule has 1 aliphatic carbocycles. The molecule has 4 rings (SSSR count). The molecular weight excluding hydrogens is 406 g/mol. The Labute approximate surface area is 178 Å². The van der Waals surface area contributed by atoms with Crippen molar-refractivity contribution in [1.82, 2.24) is 10.3 Å². The molecule has 0 unspecified atom stereocenters. The molecule has 0 bridgehead atoms. The Morgan fingerprint density at radius 1 is 1.03 bits per heavy atom. The molecule has 1 fully saturated rings. The molecule has 5 nitrogen and oxygen atoms in total. The van der Waals surface area contributed by atoms with Crippen molar-refractivity contribution < 1.29 is 9.59 Å². The van der Waals surface area contributed by atoms with E-state index in [0.29, 0.717) is 27.7 Å². The second kappa shape index (κ2) is 8.35. The number of anilines is 1. The normalized spacial score (nSPS) is 14.7. The lowest BCUT2D eigenvalue weighted by Crippen LogP contribution is -2.45. The molecular formula is C22H20ClN3O2S. The predicted molar refractivity (Wildman–Crippen MR) is 116 cm³/mol. The second-order valence-electron chi connectivity index (χ2n) is 7.18. The molecule has 29 heavy (non-hydrogen) atoms. The van der Waals surface area contributed by atoms with E-state index in [2.05, 4.69) is 15.6 Å². The van der Waals surface area contributed by atoms with Crippen molar-refractivity contribution in [1.29, 1.82) is 0 Å². The predicted octanol–water partition coefficient (Wildman–Crippen LogP) is 4.90. The van der Waals surface area contributed by atoms with Crippen LogP contribution in [0, 0.1) is 0 Å². The molecule has 148 valence electrons. The standard InChI is InChI=1S/C22H20ClN3O2S/c23-17-4-2-16(3-5-17)22(9-1-10-22)14-25-21(28)19-18(8-13-29-19)26-20(27)15-6-11-24-12-7-15/h2-8,11-13H,1,9-10,14H2,(H,25,28)(H,26,27). The second-order valence-corrected chi connectivity index (χ2v) is 8.53. The number of pyridine rings is 1. The minimum Gasteiger partial charge on any atom is -0.350 e. The van der Waals surface area contributed by atoms with Crippen LogP contribution in [0.25, 0.3) is 0 Å². The Hall–Kier alpha value is -2.70. The van der Waals surface area contributed by atoms with Crippen LogP contribution >= 0.6 is 22.9 Å². The van der Waals surface area contributed by atoms with Crippen LogP contribution in [0.3, 0.4) is 0 Å². The first-order chi connectivity index (χ1) is 14.1. The highest BCUT2D eigenvalue weighted by molar-refractivity contribution is 7.12. The van der Waals surface area contributed by atoms with E-state index in [1.54, 1.807) is 36.0 Å². The van der Waals surface area contributed by atoms with E-state index in [1.165, 1.54) is 16.9 Å². The highest BCUT2D eigenvalue weighted by Gasteiger charge is 2.39. The van der Waals surface area contributed by atoms with Gasteiger partial charge in [-0.25, -0.2) is 0 Å². The number of hydrogen-bond donors (Lipinski definition) is 2. The summed E-state index contributed by atoms with van der Waals surface area (Å²) in [5.74, 6) is -0.443. The number of rotatable bonds is 6. The summed E-state index contributed by atoms with van der Waals surface area (Å²) in [4.78, 5) is 29.6. The van der Waals surface area contributed by atoms with Crippen LogP contribution in [0.2, 0.25) is 5.02 Å². The molecule has 1 saturated carbocycles.